The molecule has 35 heavy (non-hydrogen) atoms. The van der Waals surface area contributed by atoms with Crippen LogP contribution >= 0.6 is 27.5 Å². The molecule has 11 heteroatoms. The largest absolute Gasteiger partial charge is 0.329 e. The Kier molecular flexibility index (Phi) is 7.87. The van der Waals surface area contributed by atoms with Gasteiger partial charge in [0.2, 0.25) is 0 Å². The van der Waals surface area contributed by atoms with Crippen LogP contribution in [-0.4, -0.2) is 54.8 Å². The second-order valence-electron chi connectivity index (χ2n) is 8.83. The quantitative estimate of drug-likeness (QED) is 0.443. The number of hydrogen-bond donors (Lipinski definition) is 2. The maximum absolute atomic E-state index is 13.3. The van der Waals surface area contributed by atoms with Gasteiger partial charge in [-0.15, -0.1) is 0 Å². The molecule has 2 aromatic carbocycles. The molecule has 8 nitrogen and oxygen atoms in total. The molecule has 4 rings (SSSR count). The summed E-state index contributed by atoms with van der Waals surface area (Å²) in [6.45, 7) is 3.95. The van der Waals surface area contributed by atoms with Crippen LogP contribution < -0.4 is 16.6 Å². The molecule has 0 unspecified atom stereocenters. The van der Waals surface area contributed by atoms with E-state index in [2.05, 4.69) is 31.1 Å². The molecule has 1 aromatic heterocycles. The van der Waals surface area contributed by atoms with Crippen molar-refractivity contribution in [2.75, 3.05) is 25.9 Å². The first-order chi connectivity index (χ1) is 16.6. The number of hydrogen-bond acceptors (Lipinski definition) is 6. The van der Waals surface area contributed by atoms with Crippen molar-refractivity contribution in [3.63, 3.8) is 0 Å². The minimum atomic E-state index is -3.57. The lowest BCUT2D eigenvalue weighted by Crippen LogP contribution is -2.43. The number of piperidine rings is 1. The Bertz CT molecular complexity index is 1490. The van der Waals surface area contributed by atoms with Crippen LogP contribution in [0.4, 0.5) is 0 Å². The summed E-state index contributed by atoms with van der Waals surface area (Å²) in [5.74, 6) is -0.105. The van der Waals surface area contributed by atoms with Gasteiger partial charge in [-0.2, -0.15) is 0 Å². The Morgan fingerprint density at radius 2 is 1.94 bits per heavy atom. The summed E-state index contributed by atoms with van der Waals surface area (Å²) in [6, 6.07) is 8.39. The van der Waals surface area contributed by atoms with E-state index in [1.807, 2.05) is 13.1 Å². The van der Waals surface area contributed by atoms with Crippen LogP contribution in [0.2, 0.25) is 5.02 Å². The molecular weight excluding hydrogens is 556 g/mol. The van der Waals surface area contributed by atoms with Gasteiger partial charge in [0.25, 0.3) is 5.56 Å². The molecule has 188 valence electrons. The predicted molar refractivity (Wildman–Crippen MR) is 142 cm³/mol. The monoisotopic (exact) mass is 582 g/mol. The third-order valence-electron chi connectivity index (χ3n) is 6.52. The molecule has 1 saturated heterocycles. The van der Waals surface area contributed by atoms with Crippen LogP contribution in [0.25, 0.3) is 10.9 Å². The summed E-state index contributed by atoms with van der Waals surface area (Å²) in [5, 5.41) is 4.00. The van der Waals surface area contributed by atoms with E-state index in [-0.39, 0.29) is 17.2 Å². The summed E-state index contributed by atoms with van der Waals surface area (Å²) in [6.07, 6.45) is 2.25. The van der Waals surface area contributed by atoms with Gasteiger partial charge in [0.1, 0.15) is 0 Å². The van der Waals surface area contributed by atoms with Gasteiger partial charge >= 0.3 is 5.69 Å². The summed E-state index contributed by atoms with van der Waals surface area (Å²) in [4.78, 5) is 31.5. The zero-order chi connectivity index (χ0) is 25.3. The SMILES string of the molecule is CCS(=O)(=O)c1ccc(Cl)cc1Cn1c(=O)[nH]c2cc(CN3CCC[C@@H](NC)C3)c(Br)cc2c1=O. The summed E-state index contributed by atoms with van der Waals surface area (Å²) in [5.41, 5.74) is 0.622. The van der Waals surface area contributed by atoms with E-state index in [0.29, 0.717) is 34.1 Å². The first kappa shape index (κ1) is 26.1. The van der Waals surface area contributed by atoms with Crippen molar-refractivity contribution in [1.82, 2.24) is 19.8 Å². The van der Waals surface area contributed by atoms with Crippen molar-refractivity contribution in [2.24, 2.45) is 0 Å². The van der Waals surface area contributed by atoms with E-state index in [1.54, 1.807) is 13.0 Å². The molecule has 3 aromatic rings. The average Bonchev–Trinajstić information content (AvgIpc) is 2.83. The Morgan fingerprint density at radius 3 is 2.66 bits per heavy atom. The number of likely N-dealkylation sites (tertiary alicyclic amines) is 1. The van der Waals surface area contributed by atoms with Crippen LogP contribution in [0.15, 0.2) is 49.3 Å². The summed E-state index contributed by atoms with van der Waals surface area (Å²) >= 11 is 9.70. The Labute approximate surface area is 217 Å². The van der Waals surface area contributed by atoms with Crippen molar-refractivity contribution in [3.05, 3.63) is 71.8 Å². The van der Waals surface area contributed by atoms with Gasteiger partial charge < -0.3 is 10.3 Å². The molecule has 2 N–H and O–H groups in total. The summed E-state index contributed by atoms with van der Waals surface area (Å²) in [7, 11) is -1.60. The van der Waals surface area contributed by atoms with Crippen LogP contribution in [0.1, 0.15) is 30.9 Å². The maximum Gasteiger partial charge on any atom is 0.329 e. The van der Waals surface area contributed by atoms with Crippen molar-refractivity contribution in [3.8, 4) is 0 Å². The van der Waals surface area contributed by atoms with Gasteiger partial charge in [0.15, 0.2) is 9.84 Å². The molecule has 2 heterocycles. The first-order valence-electron chi connectivity index (χ1n) is 11.5. The second kappa shape index (κ2) is 10.6. The van der Waals surface area contributed by atoms with E-state index in [0.717, 1.165) is 40.5 Å². The third-order valence-corrected chi connectivity index (χ3v) is 9.32. The lowest BCUT2D eigenvalue weighted by Gasteiger charge is -2.32. The number of aromatic nitrogens is 2. The summed E-state index contributed by atoms with van der Waals surface area (Å²) < 4.78 is 26.9. The molecule has 1 atom stereocenters. The lowest BCUT2D eigenvalue weighted by atomic mass is 10.0. The second-order valence-corrected chi connectivity index (χ2v) is 12.4. The van der Waals surface area contributed by atoms with Crippen molar-refractivity contribution >= 4 is 48.3 Å². The fraction of sp³-hybridized carbons (Fsp3) is 0.417. The number of rotatable bonds is 7. The third kappa shape index (κ3) is 5.56. The molecular formula is C24H28BrClN4O4S. The first-order valence-corrected chi connectivity index (χ1v) is 14.3. The van der Waals surface area contributed by atoms with E-state index >= 15 is 0 Å². The van der Waals surface area contributed by atoms with E-state index in [1.165, 1.54) is 18.2 Å². The zero-order valence-corrected chi connectivity index (χ0v) is 22.8. The molecule has 1 aliphatic heterocycles. The number of sulfone groups is 1. The minimum Gasteiger partial charge on any atom is -0.316 e. The molecule has 1 fully saturated rings. The Morgan fingerprint density at radius 1 is 1.17 bits per heavy atom. The smallest absolute Gasteiger partial charge is 0.316 e. The molecule has 0 aliphatic carbocycles. The fourth-order valence-corrected chi connectivity index (χ4v) is 6.33. The molecule has 0 spiro atoms. The highest BCUT2D eigenvalue weighted by Gasteiger charge is 2.21. The highest BCUT2D eigenvalue weighted by Crippen LogP contribution is 2.25. The number of nitrogens with zero attached hydrogens (tertiary/aromatic N) is 2. The number of likely N-dealkylation sites (N-methyl/N-ethyl adjacent to an activating group) is 1. The highest BCUT2D eigenvalue weighted by atomic mass is 79.9. The van der Waals surface area contributed by atoms with Crippen LogP contribution in [0, 0.1) is 0 Å². The topological polar surface area (TPSA) is 104 Å². The predicted octanol–water partition coefficient (Wildman–Crippen LogP) is 3.13. The van der Waals surface area contributed by atoms with Crippen LogP contribution in [0.3, 0.4) is 0 Å². The highest BCUT2D eigenvalue weighted by molar-refractivity contribution is 9.10. The van der Waals surface area contributed by atoms with Gasteiger partial charge in [-0.3, -0.25) is 14.3 Å². The van der Waals surface area contributed by atoms with Crippen molar-refractivity contribution in [2.45, 2.75) is 43.8 Å². The van der Waals surface area contributed by atoms with E-state index < -0.39 is 21.1 Å². The Hall–Kier alpha value is -1.98. The fourth-order valence-electron chi connectivity index (χ4n) is 4.56. The van der Waals surface area contributed by atoms with E-state index in [9.17, 15) is 18.0 Å². The molecule has 0 amide bonds. The molecule has 0 saturated carbocycles. The van der Waals surface area contributed by atoms with E-state index in [4.69, 9.17) is 11.6 Å². The molecule has 0 radical (unpaired) electrons. The standard InChI is InChI=1S/C24H28BrClN4O4S/c1-3-35(33,34)22-7-6-17(26)9-16(22)13-30-23(31)19-11-20(25)15(10-21(19)28-24(30)32)12-29-8-4-5-18(14-29)27-2/h6-7,9-11,18,27H,3-5,8,12-14H2,1-2H3,(H,28,32)/t18-/m1/s1. The number of halogens is 2. The maximum atomic E-state index is 13.3. The van der Waals surface area contributed by atoms with Crippen LogP contribution in [0.5, 0.6) is 0 Å². The normalized spacial score (nSPS) is 17.2. The van der Waals surface area contributed by atoms with Crippen LogP contribution in [-0.2, 0) is 22.9 Å². The lowest BCUT2D eigenvalue weighted by molar-refractivity contribution is 0.188. The van der Waals surface area contributed by atoms with Gasteiger partial charge in [-0.05, 0) is 67.9 Å². The molecule has 0 bridgehead atoms. The number of benzene rings is 2. The van der Waals surface area contributed by atoms with Gasteiger partial charge in [-0.25, -0.2) is 13.2 Å². The van der Waals surface area contributed by atoms with Gasteiger partial charge in [0.05, 0.1) is 28.1 Å². The number of fused-ring (bicyclic) bond motifs is 1. The average molecular weight is 584 g/mol. The van der Waals surface area contributed by atoms with Gasteiger partial charge in [0, 0.05) is 28.6 Å². The zero-order valence-electron chi connectivity index (χ0n) is 19.6. The van der Waals surface area contributed by atoms with Gasteiger partial charge in [-0.1, -0.05) is 34.5 Å². The number of H-pyrrole nitrogens is 1. The van der Waals surface area contributed by atoms with Crippen molar-refractivity contribution in [1.29, 1.82) is 0 Å². The van der Waals surface area contributed by atoms with Crippen molar-refractivity contribution < 1.29 is 8.42 Å². The Balaban J connectivity index is 1.73. The minimum absolute atomic E-state index is 0.0636. The molecule has 1 aliphatic rings. The number of aromatic amines is 1. The number of nitrogens with one attached hydrogen (secondary N) is 2.